The molecule has 0 N–H and O–H groups in total. The fourth-order valence-corrected chi connectivity index (χ4v) is 3.54. The van der Waals surface area contributed by atoms with E-state index in [1.54, 1.807) is 14.2 Å². The Morgan fingerprint density at radius 3 is 2.50 bits per heavy atom. The fourth-order valence-electron chi connectivity index (χ4n) is 2.75. The molecule has 0 aliphatic heterocycles. The molecular weight excluding hydrogens is 368 g/mol. The molecule has 0 saturated heterocycles. The lowest BCUT2D eigenvalue weighted by Gasteiger charge is -2.08. The first kappa shape index (κ1) is 19.4. The number of rotatable bonds is 6. The summed E-state index contributed by atoms with van der Waals surface area (Å²) >= 11 is 1.45. The summed E-state index contributed by atoms with van der Waals surface area (Å²) in [5.74, 6) is 1.31. The summed E-state index contributed by atoms with van der Waals surface area (Å²) in [4.78, 5) is 4.65. The quantitative estimate of drug-likeness (QED) is 0.393. The number of thiazole rings is 1. The topological polar surface area (TPSA) is 55.1 Å². The van der Waals surface area contributed by atoms with E-state index in [2.05, 4.69) is 11.1 Å². The second-order valence-corrected chi connectivity index (χ2v) is 6.93. The summed E-state index contributed by atoms with van der Waals surface area (Å²) in [6.07, 6.45) is 3.91. The van der Waals surface area contributed by atoms with Crippen molar-refractivity contribution >= 4 is 23.0 Å². The predicted octanol–water partition coefficient (Wildman–Crippen LogP) is 5.84. The lowest BCUT2D eigenvalue weighted by Crippen LogP contribution is -1.91. The van der Waals surface area contributed by atoms with E-state index in [1.807, 2.05) is 73.0 Å². The number of allylic oxidation sites excluding steroid dienone is 3. The maximum absolute atomic E-state index is 9.61. The van der Waals surface area contributed by atoms with Gasteiger partial charge in [0.25, 0.3) is 0 Å². The van der Waals surface area contributed by atoms with Crippen LogP contribution >= 0.6 is 11.3 Å². The number of nitriles is 1. The number of hydrogen-bond donors (Lipinski definition) is 0. The van der Waals surface area contributed by atoms with Crippen LogP contribution in [-0.2, 0) is 0 Å². The Morgan fingerprint density at radius 1 is 1.07 bits per heavy atom. The number of methoxy groups -OCH3 is 2. The number of benzene rings is 2. The van der Waals surface area contributed by atoms with Crippen LogP contribution in [0.15, 0.2) is 65.6 Å². The summed E-state index contributed by atoms with van der Waals surface area (Å²) < 4.78 is 10.6. The van der Waals surface area contributed by atoms with Gasteiger partial charge in [0.1, 0.15) is 11.1 Å². The number of aromatic nitrogens is 1. The molecule has 1 heterocycles. The minimum atomic E-state index is 0.543. The predicted molar refractivity (Wildman–Crippen MR) is 114 cm³/mol. The van der Waals surface area contributed by atoms with Gasteiger partial charge in [0.2, 0.25) is 0 Å². The van der Waals surface area contributed by atoms with Gasteiger partial charge >= 0.3 is 0 Å². The molecule has 0 atom stereocenters. The minimum absolute atomic E-state index is 0.543. The Balaban J connectivity index is 1.89. The Kier molecular flexibility index (Phi) is 6.25. The van der Waals surface area contributed by atoms with Gasteiger partial charge in [-0.1, -0.05) is 36.4 Å². The van der Waals surface area contributed by atoms with Crippen molar-refractivity contribution in [2.24, 2.45) is 0 Å². The van der Waals surface area contributed by atoms with Crippen LogP contribution in [0.5, 0.6) is 11.5 Å². The fraction of sp³-hybridized carbons (Fsp3) is 0.130. The molecule has 0 aliphatic rings. The zero-order chi connectivity index (χ0) is 19.9. The van der Waals surface area contributed by atoms with Crippen LogP contribution in [0.4, 0.5) is 0 Å². The first-order valence-corrected chi connectivity index (χ1v) is 9.56. The monoisotopic (exact) mass is 388 g/mol. The Morgan fingerprint density at radius 2 is 1.82 bits per heavy atom. The van der Waals surface area contributed by atoms with Crippen LogP contribution in [-0.4, -0.2) is 19.2 Å². The van der Waals surface area contributed by atoms with Gasteiger partial charge in [-0.25, -0.2) is 4.98 Å². The summed E-state index contributed by atoms with van der Waals surface area (Å²) in [6.45, 7) is 1.98. The minimum Gasteiger partial charge on any atom is -0.493 e. The van der Waals surface area contributed by atoms with Gasteiger partial charge < -0.3 is 9.47 Å². The third kappa shape index (κ3) is 4.48. The smallest absolute Gasteiger partial charge is 0.161 e. The van der Waals surface area contributed by atoms with Gasteiger partial charge in [0.15, 0.2) is 11.5 Å². The highest BCUT2D eigenvalue weighted by atomic mass is 32.1. The SMILES string of the molecule is COc1ccc(-c2csc(/C(C#N)=C/C(C)=C/c3ccccc3)n2)cc1OC. The summed E-state index contributed by atoms with van der Waals surface area (Å²) in [7, 11) is 3.21. The molecule has 0 unspecified atom stereocenters. The van der Waals surface area contributed by atoms with Gasteiger partial charge in [-0.05, 0) is 42.3 Å². The van der Waals surface area contributed by atoms with Crippen molar-refractivity contribution in [3.63, 3.8) is 0 Å². The van der Waals surface area contributed by atoms with Gasteiger partial charge in [0.05, 0.1) is 25.5 Å². The summed E-state index contributed by atoms with van der Waals surface area (Å²) in [5, 5.41) is 12.2. The number of hydrogen-bond acceptors (Lipinski definition) is 5. The summed E-state index contributed by atoms with van der Waals surface area (Å²) in [6, 6.07) is 17.9. The molecule has 2 aromatic carbocycles. The highest BCUT2D eigenvalue weighted by Gasteiger charge is 2.11. The van der Waals surface area contributed by atoms with Gasteiger partial charge in [-0.15, -0.1) is 11.3 Å². The van der Waals surface area contributed by atoms with Crippen LogP contribution in [0.25, 0.3) is 22.9 Å². The second-order valence-electron chi connectivity index (χ2n) is 6.08. The van der Waals surface area contributed by atoms with Crippen molar-refractivity contribution in [3.05, 3.63) is 76.1 Å². The van der Waals surface area contributed by atoms with E-state index in [0.29, 0.717) is 22.1 Å². The average molecular weight is 388 g/mol. The molecule has 0 saturated carbocycles. The molecule has 28 heavy (non-hydrogen) atoms. The Bertz CT molecular complexity index is 1060. The van der Waals surface area contributed by atoms with Crippen LogP contribution < -0.4 is 9.47 Å². The van der Waals surface area contributed by atoms with Crippen LogP contribution in [0, 0.1) is 11.3 Å². The molecule has 5 heteroatoms. The third-order valence-electron chi connectivity index (χ3n) is 4.10. The molecule has 0 amide bonds. The molecule has 0 radical (unpaired) electrons. The van der Waals surface area contributed by atoms with Crippen molar-refractivity contribution < 1.29 is 9.47 Å². The van der Waals surface area contributed by atoms with E-state index in [-0.39, 0.29) is 0 Å². The highest BCUT2D eigenvalue weighted by molar-refractivity contribution is 7.11. The van der Waals surface area contributed by atoms with Crippen molar-refractivity contribution in [1.29, 1.82) is 5.26 Å². The van der Waals surface area contributed by atoms with Crippen molar-refractivity contribution in [1.82, 2.24) is 4.98 Å². The second kappa shape index (κ2) is 9.03. The van der Waals surface area contributed by atoms with E-state index in [9.17, 15) is 5.26 Å². The molecule has 0 spiro atoms. The maximum Gasteiger partial charge on any atom is 0.161 e. The maximum atomic E-state index is 9.61. The molecule has 1 aromatic heterocycles. The Labute approximate surface area is 169 Å². The highest BCUT2D eigenvalue weighted by Crippen LogP contribution is 2.33. The van der Waals surface area contributed by atoms with Crippen LogP contribution in [0.1, 0.15) is 17.5 Å². The zero-order valence-electron chi connectivity index (χ0n) is 16.0. The van der Waals surface area contributed by atoms with Crippen LogP contribution in [0.2, 0.25) is 0 Å². The molecule has 0 fully saturated rings. The van der Waals surface area contributed by atoms with Crippen molar-refractivity contribution in [2.75, 3.05) is 14.2 Å². The van der Waals surface area contributed by atoms with Gasteiger partial charge in [-0.3, -0.25) is 0 Å². The molecule has 3 aromatic rings. The number of nitrogens with zero attached hydrogens (tertiary/aromatic N) is 2. The van der Waals surface area contributed by atoms with Crippen LogP contribution in [0.3, 0.4) is 0 Å². The first-order chi connectivity index (χ1) is 13.6. The largest absolute Gasteiger partial charge is 0.493 e. The first-order valence-electron chi connectivity index (χ1n) is 8.68. The molecule has 3 rings (SSSR count). The summed E-state index contributed by atoms with van der Waals surface area (Å²) in [5.41, 5.74) is 4.34. The van der Waals surface area contributed by atoms with E-state index in [4.69, 9.17) is 9.47 Å². The molecule has 0 bridgehead atoms. The average Bonchev–Trinajstić information content (AvgIpc) is 3.22. The van der Waals surface area contributed by atoms with Crippen molar-refractivity contribution in [3.8, 4) is 28.8 Å². The normalized spacial score (nSPS) is 11.8. The molecule has 0 aliphatic carbocycles. The lowest BCUT2D eigenvalue weighted by molar-refractivity contribution is 0.355. The Hall–Kier alpha value is -3.36. The van der Waals surface area contributed by atoms with E-state index in [1.165, 1.54) is 11.3 Å². The zero-order valence-corrected chi connectivity index (χ0v) is 16.8. The standard InChI is InChI=1S/C23H20N2O2S/c1-16(11-17-7-5-4-6-8-17)12-19(14-24)23-25-20(15-28-23)18-9-10-21(26-2)22(13-18)27-3/h4-13,15H,1-3H3/b16-11+,19-12+. The van der Waals surface area contributed by atoms with Gasteiger partial charge in [0, 0.05) is 10.9 Å². The van der Waals surface area contributed by atoms with E-state index in [0.717, 1.165) is 22.4 Å². The van der Waals surface area contributed by atoms with Crippen molar-refractivity contribution in [2.45, 2.75) is 6.92 Å². The van der Waals surface area contributed by atoms with Gasteiger partial charge in [-0.2, -0.15) is 5.26 Å². The lowest BCUT2D eigenvalue weighted by atomic mass is 10.1. The molecule has 4 nitrogen and oxygen atoms in total. The molecular formula is C23H20N2O2S. The van der Waals surface area contributed by atoms with E-state index < -0.39 is 0 Å². The van der Waals surface area contributed by atoms with E-state index >= 15 is 0 Å². The molecule has 140 valence electrons. The number of ether oxygens (including phenoxy) is 2. The third-order valence-corrected chi connectivity index (χ3v) is 4.98.